The molecule has 0 aliphatic carbocycles. The summed E-state index contributed by atoms with van der Waals surface area (Å²) in [6.07, 6.45) is -4.23. The third-order valence-electron chi connectivity index (χ3n) is 6.74. The number of alkyl carbamates (subject to hydrolysis) is 1. The van der Waals surface area contributed by atoms with E-state index < -0.39 is 36.1 Å². The number of pyridine rings is 2. The van der Waals surface area contributed by atoms with E-state index >= 15 is 0 Å². The fraction of sp³-hybridized carbons (Fsp3) is 0.448. The van der Waals surface area contributed by atoms with Gasteiger partial charge in [-0.05, 0) is 57.9 Å². The van der Waals surface area contributed by atoms with Crippen LogP contribution >= 0.6 is 0 Å². The van der Waals surface area contributed by atoms with Crippen molar-refractivity contribution in [1.29, 1.82) is 0 Å². The average molecular weight is 587 g/mol. The molecular formula is C29H33F3N6O4. The highest BCUT2D eigenvalue weighted by Crippen LogP contribution is 2.40. The lowest BCUT2D eigenvalue weighted by Gasteiger charge is -2.30. The average Bonchev–Trinajstić information content (AvgIpc) is 3.52. The molecule has 224 valence electrons. The third-order valence-corrected chi connectivity index (χ3v) is 6.74. The molecule has 0 saturated carbocycles. The molecule has 42 heavy (non-hydrogen) atoms. The Morgan fingerprint density at radius 1 is 1.17 bits per heavy atom. The number of ether oxygens (including phenoxy) is 2. The number of carbonyl (C=O) groups excluding carboxylic acids is 1. The zero-order valence-corrected chi connectivity index (χ0v) is 23.7. The van der Waals surface area contributed by atoms with E-state index in [4.69, 9.17) is 9.47 Å². The topological polar surface area (TPSA) is 114 Å². The van der Waals surface area contributed by atoms with Crippen LogP contribution in [0.2, 0.25) is 0 Å². The van der Waals surface area contributed by atoms with Gasteiger partial charge < -0.3 is 19.9 Å². The molecule has 2 N–H and O–H groups in total. The Bertz CT molecular complexity index is 1580. The largest absolute Gasteiger partial charge is 0.490 e. The minimum Gasteiger partial charge on any atom is -0.490 e. The van der Waals surface area contributed by atoms with Gasteiger partial charge in [0.1, 0.15) is 29.7 Å². The minimum atomic E-state index is -4.59. The summed E-state index contributed by atoms with van der Waals surface area (Å²) in [5.74, 6) is 0.699. The second-order valence-corrected chi connectivity index (χ2v) is 11.5. The number of benzene rings is 1. The standard InChI is InChI=1S/C29H33F3N6O4/c1-17(39)16-41-23-13-22(34-21-8-6-5-7-20(21)23)26-36-35-24-10-9-18(14-38(24)26)25(29(30,31)32)37-12-11-19(15-37)33-27(40)42-28(2,3)4/h5-10,13-14,17,19,25,39H,11-12,15-16H2,1-4H3,(H,33,40)/t17-,19+,25-/m1/s1. The van der Waals surface area contributed by atoms with Gasteiger partial charge in [-0.15, -0.1) is 10.2 Å². The minimum absolute atomic E-state index is 0.000311. The van der Waals surface area contributed by atoms with Gasteiger partial charge >= 0.3 is 12.3 Å². The van der Waals surface area contributed by atoms with E-state index in [1.807, 2.05) is 18.2 Å². The summed E-state index contributed by atoms with van der Waals surface area (Å²) in [5.41, 5.74) is 0.581. The number of likely N-dealkylation sites (tertiary alicyclic amines) is 1. The predicted molar refractivity (Wildman–Crippen MR) is 149 cm³/mol. The van der Waals surface area contributed by atoms with Crippen LogP contribution in [0.1, 0.15) is 45.7 Å². The van der Waals surface area contributed by atoms with Crippen LogP contribution in [0.25, 0.3) is 28.1 Å². The Morgan fingerprint density at radius 3 is 2.64 bits per heavy atom. The Hall–Kier alpha value is -3.97. The molecule has 1 aliphatic rings. The molecule has 4 heterocycles. The van der Waals surface area contributed by atoms with Crippen LogP contribution in [0.15, 0.2) is 48.7 Å². The van der Waals surface area contributed by atoms with Crippen LogP contribution in [-0.4, -0.2) is 79.3 Å². The number of para-hydroxylation sites is 1. The summed E-state index contributed by atoms with van der Waals surface area (Å²) in [7, 11) is 0. The van der Waals surface area contributed by atoms with E-state index in [1.54, 1.807) is 39.8 Å². The summed E-state index contributed by atoms with van der Waals surface area (Å²) in [6.45, 7) is 6.95. The summed E-state index contributed by atoms with van der Waals surface area (Å²) in [6, 6.07) is 9.39. The van der Waals surface area contributed by atoms with Gasteiger partial charge in [0.15, 0.2) is 11.5 Å². The van der Waals surface area contributed by atoms with Gasteiger partial charge in [-0.1, -0.05) is 18.2 Å². The molecule has 0 unspecified atom stereocenters. The Labute approximate surface area is 240 Å². The summed E-state index contributed by atoms with van der Waals surface area (Å²) in [4.78, 5) is 18.2. The molecule has 10 nitrogen and oxygen atoms in total. The zero-order valence-electron chi connectivity index (χ0n) is 23.7. The highest BCUT2D eigenvalue weighted by molar-refractivity contribution is 5.87. The van der Waals surface area contributed by atoms with Crippen molar-refractivity contribution in [2.24, 2.45) is 0 Å². The fourth-order valence-electron chi connectivity index (χ4n) is 5.05. The molecule has 3 atom stereocenters. The molecular weight excluding hydrogens is 553 g/mol. The van der Waals surface area contributed by atoms with E-state index in [2.05, 4.69) is 20.5 Å². The Kier molecular flexibility index (Phi) is 7.99. The molecule has 4 aromatic rings. The van der Waals surface area contributed by atoms with Crippen molar-refractivity contribution in [3.8, 4) is 17.3 Å². The number of hydrogen-bond acceptors (Lipinski definition) is 8. The summed E-state index contributed by atoms with van der Waals surface area (Å²) >= 11 is 0. The number of aliphatic hydroxyl groups excluding tert-OH is 1. The van der Waals surface area contributed by atoms with Crippen molar-refractivity contribution in [3.05, 3.63) is 54.2 Å². The maximum Gasteiger partial charge on any atom is 0.408 e. The number of amides is 1. The summed E-state index contributed by atoms with van der Waals surface area (Å²) < 4.78 is 56.2. The first-order valence-electron chi connectivity index (χ1n) is 13.6. The van der Waals surface area contributed by atoms with Gasteiger partial charge in [-0.3, -0.25) is 9.30 Å². The molecule has 1 fully saturated rings. The van der Waals surface area contributed by atoms with E-state index in [0.29, 0.717) is 29.0 Å². The lowest BCUT2D eigenvalue weighted by Crippen LogP contribution is -2.42. The van der Waals surface area contributed by atoms with Gasteiger partial charge in [0.25, 0.3) is 0 Å². The lowest BCUT2D eigenvalue weighted by molar-refractivity contribution is -0.184. The van der Waals surface area contributed by atoms with E-state index in [9.17, 15) is 23.1 Å². The number of hydrogen-bond donors (Lipinski definition) is 2. The second-order valence-electron chi connectivity index (χ2n) is 11.5. The first-order valence-corrected chi connectivity index (χ1v) is 13.6. The molecule has 1 amide bonds. The number of fused-ring (bicyclic) bond motifs is 2. The quantitative estimate of drug-likeness (QED) is 0.314. The second kappa shape index (κ2) is 11.4. The smallest absolute Gasteiger partial charge is 0.408 e. The number of aliphatic hydroxyl groups is 1. The van der Waals surface area contributed by atoms with Gasteiger partial charge in [-0.25, -0.2) is 9.78 Å². The zero-order chi connectivity index (χ0) is 30.2. The molecule has 0 bridgehead atoms. The number of alkyl halides is 3. The summed E-state index contributed by atoms with van der Waals surface area (Å²) in [5, 5.41) is 21.5. The van der Waals surface area contributed by atoms with Crippen molar-refractivity contribution < 1.29 is 32.5 Å². The van der Waals surface area contributed by atoms with Crippen molar-refractivity contribution >= 4 is 22.6 Å². The molecule has 13 heteroatoms. The van der Waals surface area contributed by atoms with Crippen molar-refractivity contribution in [3.63, 3.8) is 0 Å². The molecule has 0 radical (unpaired) electrons. The van der Waals surface area contributed by atoms with Gasteiger partial charge in [0, 0.05) is 36.8 Å². The molecule has 5 rings (SSSR count). The number of rotatable bonds is 7. The molecule has 3 aromatic heterocycles. The lowest BCUT2D eigenvalue weighted by atomic mass is 10.1. The normalized spacial score (nSPS) is 17.9. The Morgan fingerprint density at radius 2 is 1.93 bits per heavy atom. The van der Waals surface area contributed by atoms with Crippen LogP contribution in [0.3, 0.4) is 0 Å². The monoisotopic (exact) mass is 586 g/mol. The number of halogens is 3. The number of aromatic nitrogens is 4. The number of nitrogens with zero attached hydrogens (tertiary/aromatic N) is 5. The van der Waals surface area contributed by atoms with Gasteiger partial charge in [0.05, 0.1) is 11.6 Å². The highest BCUT2D eigenvalue weighted by Gasteiger charge is 2.47. The van der Waals surface area contributed by atoms with E-state index in [1.165, 1.54) is 27.6 Å². The van der Waals surface area contributed by atoms with Crippen LogP contribution in [-0.2, 0) is 4.74 Å². The maximum absolute atomic E-state index is 14.6. The van der Waals surface area contributed by atoms with E-state index in [0.717, 1.165) is 5.39 Å². The molecule has 1 aliphatic heterocycles. The van der Waals surface area contributed by atoms with Crippen LogP contribution in [0.5, 0.6) is 5.75 Å². The number of nitrogens with one attached hydrogen (secondary N) is 1. The van der Waals surface area contributed by atoms with Crippen LogP contribution < -0.4 is 10.1 Å². The highest BCUT2D eigenvalue weighted by atomic mass is 19.4. The van der Waals surface area contributed by atoms with E-state index in [-0.39, 0.29) is 31.1 Å². The molecule has 1 aromatic carbocycles. The van der Waals surface area contributed by atoms with Crippen molar-refractivity contribution in [2.45, 2.75) is 64.1 Å². The SMILES string of the molecule is C[C@@H](O)COc1cc(-c2nnc3ccc([C@@H](N4CC[C@H](NC(=O)OC(C)(C)C)C4)C(F)(F)F)cn23)nc2ccccc12. The first-order chi connectivity index (χ1) is 19.8. The molecule has 0 spiro atoms. The van der Waals surface area contributed by atoms with Crippen molar-refractivity contribution in [2.75, 3.05) is 19.7 Å². The Balaban J connectivity index is 1.47. The maximum atomic E-state index is 14.6. The first kappa shape index (κ1) is 29.5. The predicted octanol–water partition coefficient (Wildman–Crippen LogP) is 4.91. The van der Waals surface area contributed by atoms with Gasteiger partial charge in [-0.2, -0.15) is 13.2 Å². The molecule has 1 saturated heterocycles. The number of carbonyl (C=O) groups is 1. The van der Waals surface area contributed by atoms with Gasteiger partial charge in [0.2, 0.25) is 0 Å². The fourth-order valence-corrected chi connectivity index (χ4v) is 5.05. The van der Waals surface area contributed by atoms with Crippen molar-refractivity contribution in [1.82, 2.24) is 29.8 Å². The van der Waals surface area contributed by atoms with Crippen LogP contribution in [0.4, 0.5) is 18.0 Å². The third kappa shape index (κ3) is 6.57. The van der Waals surface area contributed by atoms with Crippen LogP contribution in [0, 0.1) is 0 Å².